The van der Waals surface area contributed by atoms with Crippen LogP contribution in [-0.4, -0.2) is 92.8 Å². The number of benzene rings is 2. The second kappa shape index (κ2) is 12.0. The Hall–Kier alpha value is -3.05. The van der Waals surface area contributed by atoms with E-state index in [1.54, 1.807) is 4.90 Å². The number of sulfonamides is 1. The topological polar surface area (TPSA) is 107 Å². The third-order valence-electron chi connectivity index (χ3n) is 7.34. The number of aliphatic hydroxyl groups excluding tert-OH is 1. The Kier molecular flexibility index (Phi) is 8.90. The van der Waals surface area contributed by atoms with Gasteiger partial charge in [-0.05, 0) is 47.7 Å². The Bertz CT molecular complexity index is 1330. The van der Waals surface area contributed by atoms with Crippen molar-refractivity contribution in [1.29, 1.82) is 0 Å². The Labute approximate surface area is 230 Å². The number of carbonyl (C=O) groups is 2. The molecule has 0 unspecified atom stereocenters. The predicted octanol–water partition coefficient (Wildman–Crippen LogP) is 3.20. The highest BCUT2D eigenvalue weighted by Crippen LogP contribution is 2.40. The molecule has 2 fully saturated rings. The molecule has 0 saturated carbocycles. The average molecular weight is 556 g/mol. The Morgan fingerprint density at radius 2 is 1.62 bits per heavy atom. The van der Waals surface area contributed by atoms with Crippen LogP contribution in [0.15, 0.2) is 59.0 Å². The van der Waals surface area contributed by atoms with Crippen LogP contribution in [0.5, 0.6) is 0 Å². The van der Waals surface area contributed by atoms with Crippen LogP contribution in [0.1, 0.15) is 48.9 Å². The van der Waals surface area contributed by atoms with Crippen LogP contribution >= 0.6 is 0 Å². The molecule has 1 amide bonds. The van der Waals surface area contributed by atoms with Crippen molar-refractivity contribution in [3.8, 4) is 0 Å². The summed E-state index contributed by atoms with van der Waals surface area (Å²) in [6.07, 6.45) is 0.671. The number of morpholine rings is 1. The van der Waals surface area contributed by atoms with E-state index in [1.807, 2.05) is 24.3 Å². The van der Waals surface area contributed by atoms with Crippen molar-refractivity contribution in [2.24, 2.45) is 0 Å². The van der Waals surface area contributed by atoms with Crippen molar-refractivity contribution < 1.29 is 27.9 Å². The van der Waals surface area contributed by atoms with Gasteiger partial charge in [-0.15, -0.1) is 0 Å². The molecule has 2 aromatic rings. The van der Waals surface area contributed by atoms with Gasteiger partial charge in [-0.3, -0.25) is 14.5 Å². The fourth-order valence-electron chi connectivity index (χ4n) is 4.96. The summed E-state index contributed by atoms with van der Waals surface area (Å²) in [4.78, 5) is 30.5. The maximum atomic E-state index is 13.3. The van der Waals surface area contributed by atoms with Gasteiger partial charge in [0.15, 0.2) is 0 Å². The average Bonchev–Trinajstić information content (AvgIpc) is 3.18. The number of nitrogens with zero attached hydrogens (tertiary/aromatic N) is 3. The van der Waals surface area contributed by atoms with Crippen LogP contribution in [0, 0.1) is 0 Å². The third-order valence-corrected chi connectivity index (χ3v) is 9.17. The summed E-state index contributed by atoms with van der Waals surface area (Å²) >= 11 is 0. The molecule has 0 spiro atoms. The molecule has 1 atom stereocenters. The maximum Gasteiger partial charge on any atom is 0.295 e. The second-order valence-corrected chi connectivity index (χ2v) is 12.6. The zero-order chi connectivity index (χ0) is 28.3. The minimum atomic E-state index is -3.66. The van der Waals surface area contributed by atoms with Gasteiger partial charge in [0, 0.05) is 45.8 Å². The van der Waals surface area contributed by atoms with E-state index in [-0.39, 0.29) is 21.8 Å². The van der Waals surface area contributed by atoms with E-state index in [9.17, 15) is 23.1 Å². The number of hydrogen-bond donors (Lipinski definition) is 1. The lowest BCUT2D eigenvalue weighted by atomic mass is 9.93. The van der Waals surface area contributed by atoms with Crippen molar-refractivity contribution in [2.45, 2.75) is 37.1 Å². The first-order valence-corrected chi connectivity index (χ1v) is 14.7. The first-order valence-electron chi connectivity index (χ1n) is 13.2. The van der Waals surface area contributed by atoms with Crippen molar-refractivity contribution in [3.63, 3.8) is 0 Å². The predicted molar refractivity (Wildman–Crippen MR) is 149 cm³/mol. The molecule has 2 saturated heterocycles. The zero-order valence-corrected chi connectivity index (χ0v) is 23.8. The Morgan fingerprint density at radius 1 is 1.00 bits per heavy atom. The van der Waals surface area contributed by atoms with E-state index in [2.05, 4.69) is 18.7 Å². The van der Waals surface area contributed by atoms with Crippen LogP contribution < -0.4 is 0 Å². The second-order valence-electron chi connectivity index (χ2n) is 10.4. The smallest absolute Gasteiger partial charge is 0.295 e. The van der Waals surface area contributed by atoms with E-state index < -0.39 is 27.8 Å². The Morgan fingerprint density at radius 3 is 2.18 bits per heavy atom. The monoisotopic (exact) mass is 555 g/mol. The lowest BCUT2D eigenvalue weighted by Crippen LogP contribution is -2.38. The lowest BCUT2D eigenvalue weighted by Gasteiger charge is -2.29. The molecular formula is C29H37N3O6S. The quantitative estimate of drug-likeness (QED) is 0.288. The molecule has 9 nitrogen and oxygen atoms in total. The molecule has 2 aliphatic rings. The minimum Gasteiger partial charge on any atom is -0.507 e. The minimum absolute atomic E-state index is 0.00638. The molecule has 39 heavy (non-hydrogen) atoms. The largest absolute Gasteiger partial charge is 0.507 e. The van der Waals surface area contributed by atoms with Crippen LogP contribution in [0.3, 0.4) is 0 Å². The molecular weight excluding hydrogens is 518 g/mol. The van der Waals surface area contributed by atoms with Gasteiger partial charge < -0.3 is 14.7 Å². The van der Waals surface area contributed by atoms with Gasteiger partial charge in [-0.1, -0.05) is 38.1 Å². The van der Waals surface area contributed by atoms with Gasteiger partial charge in [0.05, 0.1) is 29.7 Å². The van der Waals surface area contributed by atoms with Crippen LogP contribution in [0.2, 0.25) is 0 Å². The van der Waals surface area contributed by atoms with E-state index >= 15 is 0 Å². The number of aliphatic hydroxyl groups is 1. The number of Topliss-reactive ketones (excluding diaryl/α,β-unsaturated/α-hetero) is 1. The fourth-order valence-corrected chi connectivity index (χ4v) is 5.86. The summed E-state index contributed by atoms with van der Waals surface area (Å²) in [6.45, 7) is 8.34. The third kappa shape index (κ3) is 6.09. The summed E-state index contributed by atoms with van der Waals surface area (Å²) in [5.74, 6) is -1.41. The van der Waals surface area contributed by atoms with Crippen molar-refractivity contribution in [3.05, 3.63) is 70.8 Å². The summed E-state index contributed by atoms with van der Waals surface area (Å²) in [7, 11) is -0.779. The highest BCUT2D eigenvalue weighted by atomic mass is 32.2. The van der Waals surface area contributed by atoms with Crippen LogP contribution in [-0.2, 0) is 24.3 Å². The molecule has 4 rings (SSSR count). The molecule has 0 aromatic heterocycles. The summed E-state index contributed by atoms with van der Waals surface area (Å²) in [5, 5.41) is 11.3. The first kappa shape index (κ1) is 28.9. The Balaban J connectivity index is 1.70. The molecule has 210 valence electrons. The molecule has 2 aromatic carbocycles. The van der Waals surface area contributed by atoms with Gasteiger partial charge in [0.2, 0.25) is 10.0 Å². The first-order chi connectivity index (χ1) is 18.5. The highest BCUT2D eigenvalue weighted by Gasteiger charge is 2.45. The van der Waals surface area contributed by atoms with Gasteiger partial charge in [0.1, 0.15) is 5.76 Å². The molecule has 10 heteroatoms. The number of carbonyl (C=O) groups excluding carboxylic acids is 2. The SMILES string of the molecule is CC(C)c1ccc([C@@H]2C(=C(O)c3ccc(S(=O)(=O)N(C)C)cc3)C(=O)C(=O)N2CCCN2CCOCC2)cc1. The molecule has 0 bridgehead atoms. The van der Waals surface area contributed by atoms with Gasteiger partial charge in [-0.2, -0.15) is 0 Å². The van der Waals surface area contributed by atoms with Gasteiger partial charge in [0.25, 0.3) is 11.7 Å². The summed E-state index contributed by atoms with van der Waals surface area (Å²) < 4.78 is 31.5. The van der Waals surface area contributed by atoms with Crippen molar-refractivity contribution in [1.82, 2.24) is 14.1 Å². The highest BCUT2D eigenvalue weighted by molar-refractivity contribution is 7.89. The molecule has 0 aliphatic carbocycles. The van der Waals surface area contributed by atoms with Crippen LogP contribution in [0.25, 0.3) is 5.76 Å². The van der Waals surface area contributed by atoms with Crippen molar-refractivity contribution >= 4 is 27.5 Å². The fraction of sp³-hybridized carbons (Fsp3) is 0.448. The maximum absolute atomic E-state index is 13.3. The summed E-state index contributed by atoms with van der Waals surface area (Å²) in [5.41, 5.74) is 2.13. The van der Waals surface area contributed by atoms with Gasteiger partial charge in [-0.25, -0.2) is 12.7 Å². The molecule has 2 heterocycles. The zero-order valence-electron chi connectivity index (χ0n) is 23.0. The van der Waals surface area contributed by atoms with Crippen LogP contribution in [0.4, 0.5) is 0 Å². The number of ether oxygens (including phenoxy) is 1. The number of hydrogen-bond acceptors (Lipinski definition) is 7. The number of amides is 1. The lowest BCUT2D eigenvalue weighted by molar-refractivity contribution is -0.140. The summed E-state index contributed by atoms with van der Waals surface area (Å²) in [6, 6.07) is 12.7. The standard InChI is InChI=1S/C29H37N3O6S/c1-20(2)21-6-8-22(9-7-21)26-25(27(33)23-10-12-24(13-11-23)39(36,37)30(3)4)28(34)29(35)32(26)15-5-14-31-16-18-38-19-17-31/h6-13,20,26,33H,5,14-19H2,1-4H3/t26-/m1/s1. The van der Waals surface area contributed by atoms with Gasteiger partial charge >= 0.3 is 0 Å². The number of likely N-dealkylation sites (tertiary alicyclic amines) is 1. The number of ketones is 1. The molecule has 2 aliphatic heterocycles. The van der Waals surface area contributed by atoms with E-state index in [4.69, 9.17) is 4.74 Å². The molecule has 0 radical (unpaired) electrons. The van der Waals surface area contributed by atoms with E-state index in [1.165, 1.54) is 38.4 Å². The normalized spacial score (nSPS) is 20.4. The molecule has 1 N–H and O–H groups in total. The van der Waals surface area contributed by atoms with E-state index in [0.29, 0.717) is 32.1 Å². The number of rotatable bonds is 9. The van der Waals surface area contributed by atoms with Crippen molar-refractivity contribution in [2.75, 3.05) is 53.5 Å². The van der Waals surface area contributed by atoms with E-state index in [0.717, 1.165) is 35.1 Å².